The molecule has 0 spiro atoms. The van der Waals surface area contributed by atoms with Crippen LogP contribution < -0.4 is 11.1 Å². The highest BCUT2D eigenvalue weighted by Crippen LogP contribution is 2.00. The van der Waals surface area contributed by atoms with Gasteiger partial charge in [-0.05, 0) is 25.8 Å². The van der Waals surface area contributed by atoms with Crippen LogP contribution in [0.15, 0.2) is 0 Å². The topological polar surface area (TPSA) is 113 Å². The zero-order chi connectivity index (χ0) is 13.1. The number of aliphatic hydroxyl groups excluding tert-OH is 1. The van der Waals surface area contributed by atoms with Crippen molar-refractivity contribution >= 4 is 11.9 Å². The molecule has 1 amide bonds. The second kappa shape index (κ2) is 10.0. The largest absolute Gasteiger partial charge is 0.481 e. The van der Waals surface area contributed by atoms with Crippen molar-refractivity contribution in [1.29, 1.82) is 0 Å². The van der Waals surface area contributed by atoms with Crippen molar-refractivity contribution in [2.24, 2.45) is 5.73 Å². The van der Waals surface area contributed by atoms with Gasteiger partial charge in [-0.25, -0.2) is 0 Å². The van der Waals surface area contributed by atoms with Crippen LogP contribution in [0.1, 0.15) is 38.5 Å². The van der Waals surface area contributed by atoms with Gasteiger partial charge in [0.15, 0.2) is 0 Å². The van der Waals surface area contributed by atoms with Crippen LogP contribution >= 0.6 is 0 Å². The molecule has 0 rings (SSSR count). The number of carboxylic acids is 1. The number of nitrogens with two attached hydrogens (primary N) is 1. The Morgan fingerprint density at radius 1 is 1.18 bits per heavy atom. The van der Waals surface area contributed by atoms with Gasteiger partial charge in [0.25, 0.3) is 0 Å². The summed E-state index contributed by atoms with van der Waals surface area (Å²) in [6.07, 6.45) is 3.76. The van der Waals surface area contributed by atoms with Crippen LogP contribution in [0.5, 0.6) is 0 Å². The van der Waals surface area contributed by atoms with Crippen molar-refractivity contribution in [3.8, 4) is 0 Å². The fourth-order valence-corrected chi connectivity index (χ4v) is 1.48. The average molecular weight is 246 g/mol. The Morgan fingerprint density at radius 3 is 2.35 bits per heavy atom. The SMILES string of the molecule is NC(=O)[C@H](CCC(=O)O)NCCCCCCO. The van der Waals surface area contributed by atoms with E-state index in [-0.39, 0.29) is 19.4 Å². The number of carbonyl (C=O) groups excluding carboxylic acids is 1. The first-order valence-corrected chi connectivity index (χ1v) is 5.93. The van der Waals surface area contributed by atoms with E-state index in [4.69, 9.17) is 15.9 Å². The molecule has 0 fully saturated rings. The Kier molecular flexibility index (Phi) is 9.37. The summed E-state index contributed by atoms with van der Waals surface area (Å²) in [4.78, 5) is 21.4. The molecule has 0 unspecified atom stereocenters. The van der Waals surface area contributed by atoms with Crippen molar-refractivity contribution in [3.63, 3.8) is 0 Å². The number of carbonyl (C=O) groups is 2. The van der Waals surface area contributed by atoms with Gasteiger partial charge < -0.3 is 21.3 Å². The summed E-state index contributed by atoms with van der Waals surface area (Å²) in [5.41, 5.74) is 5.16. The number of unbranched alkanes of at least 4 members (excludes halogenated alkanes) is 3. The molecular formula is C11H22N2O4. The van der Waals surface area contributed by atoms with E-state index in [2.05, 4.69) is 5.32 Å². The summed E-state index contributed by atoms with van der Waals surface area (Å²) in [6.45, 7) is 0.842. The minimum absolute atomic E-state index is 0.0644. The average Bonchev–Trinajstić information content (AvgIpc) is 2.26. The van der Waals surface area contributed by atoms with Crippen LogP contribution in [0.2, 0.25) is 0 Å². The molecule has 5 N–H and O–H groups in total. The fourth-order valence-electron chi connectivity index (χ4n) is 1.48. The van der Waals surface area contributed by atoms with Crippen LogP contribution in [0.3, 0.4) is 0 Å². The molecule has 100 valence electrons. The second-order valence-electron chi connectivity index (χ2n) is 3.98. The molecule has 0 saturated carbocycles. The first kappa shape index (κ1) is 15.9. The van der Waals surface area contributed by atoms with E-state index in [1.54, 1.807) is 0 Å². The van der Waals surface area contributed by atoms with Crippen molar-refractivity contribution < 1.29 is 19.8 Å². The molecular weight excluding hydrogens is 224 g/mol. The maximum atomic E-state index is 11.0. The Labute approximate surface area is 101 Å². The number of rotatable bonds is 11. The van der Waals surface area contributed by atoms with Crippen molar-refractivity contribution in [3.05, 3.63) is 0 Å². The van der Waals surface area contributed by atoms with E-state index in [9.17, 15) is 9.59 Å². The van der Waals surface area contributed by atoms with Gasteiger partial charge in [-0.15, -0.1) is 0 Å². The first-order valence-electron chi connectivity index (χ1n) is 5.93. The smallest absolute Gasteiger partial charge is 0.303 e. The minimum Gasteiger partial charge on any atom is -0.481 e. The van der Waals surface area contributed by atoms with E-state index >= 15 is 0 Å². The molecule has 0 aliphatic heterocycles. The molecule has 1 atom stereocenters. The van der Waals surface area contributed by atoms with Gasteiger partial charge in [0.2, 0.25) is 5.91 Å². The highest BCUT2D eigenvalue weighted by Gasteiger charge is 2.15. The highest BCUT2D eigenvalue weighted by atomic mass is 16.4. The van der Waals surface area contributed by atoms with Crippen molar-refractivity contribution in [1.82, 2.24) is 5.32 Å². The number of hydrogen-bond donors (Lipinski definition) is 4. The summed E-state index contributed by atoms with van der Waals surface area (Å²) in [7, 11) is 0. The van der Waals surface area contributed by atoms with Crippen molar-refractivity contribution in [2.75, 3.05) is 13.2 Å². The zero-order valence-corrected chi connectivity index (χ0v) is 10.0. The van der Waals surface area contributed by atoms with E-state index in [1.165, 1.54) is 0 Å². The number of amides is 1. The van der Waals surface area contributed by atoms with Gasteiger partial charge in [0, 0.05) is 13.0 Å². The molecule has 0 aliphatic carbocycles. The third kappa shape index (κ3) is 9.77. The number of carboxylic acid groups (broad SMARTS) is 1. The lowest BCUT2D eigenvalue weighted by Crippen LogP contribution is -2.42. The molecule has 0 heterocycles. The van der Waals surface area contributed by atoms with Gasteiger partial charge >= 0.3 is 5.97 Å². The lowest BCUT2D eigenvalue weighted by Gasteiger charge is -2.14. The molecule has 0 aromatic rings. The Balaban J connectivity index is 3.63. The van der Waals surface area contributed by atoms with E-state index in [0.29, 0.717) is 6.54 Å². The molecule has 0 aliphatic rings. The van der Waals surface area contributed by atoms with Crippen LogP contribution in [0, 0.1) is 0 Å². The molecule has 6 heteroatoms. The zero-order valence-electron chi connectivity index (χ0n) is 10.0. The van der Waals surface area contributed by atoms with Crippen LogP contribution in [-0.4, -0.2) is 41.3 Å². The van der Waals surface area contributed by atoms with Crippen LogP contribution in [0.4, 0.5) is 0 Å². The Hall–Kier alpha value is -1.14. The molecule has 17 heavy (non-hydrogen) atoms. The predicted octanol–water partition coefficient (Wildman–Crippen LogP) is -0.153. The highest BCUT2D eigenvalue weighted by molar-refractivity contribution is 5.80. The Bertz CT molecular complexity index is 234. The second-order valence-corrected chi connectivity index (χ2v) is 3.98. The number of nitrogens with one attached hydrogen (secondary N) is 1. The molecule has 0 aromatic carbocycles. The molecule has 0 radical (unpaired) electrons. The molecule has 0 saturated heterocycles. The van der Waals surface area contributed by atoms with Crippen LogP contribution in [-0.2, 0) is 9.59 Å². The van der Waals surface area contributed by atoms with E-state index in [0.717, 1.165) is 25.7 Å². The summed E-state index contributed by atoms with van der Waals surface area (Å²) < 4.78 is 0. The number of hydrogen-bond acceptors (Lipinski definition) is 4. The summed E-state index contributed by atoms with van der Waals surface area (Å²) in [5.74, 6) is -1.44. The predicted molar refractivity (Wildman–Crippen MR) is 63.4 cm³/mol. The van der Waals surface area contributed by atoms with Gasteiger partial charge in [-0.2, -0.15) is 0 Å². The maximum absolute atomic E-state index is 11.0. The van der Waals surface area contributed by atoms with Gasteiger partial charge in [0.1, 0.15) is 0 Å². The number of aliphatic hydroxyl groups is 1. The third-order valence-corrected chi connectivity index (χ3v) is 2.47. The standard InChI is InChI=1S/C11H22N2O4/c12-11(17)9(5-6-10(15)16)13-7-3-1-2-4-8-14/h9,13-14H,1-8H2,(H2,12,17)(H,15,16)/t9-/m0/s1. The minimum atomic E-state index is -0.930. The maximum Gasteiger partial charge on any atom is 0.303 e. The van der Waals surface area contributed by atoms with Crippen molar-refractivity contribution in [2.45, 2.75) is 44.6 Å². The molecule has 0 aromatic heterocycles. The number of aliphatic carboxylic acids is 1. The lowest BCUT2D eigenvalue weighted by molar-refractivity contribution is -0.137. The number of primary amides is 1. The third-order valence-electron chi connectivity index (χ3n) is 2.47. The van der Waals surface area contributed by atoms with E-state index in [1.807, 2.05) is 0 Å². The molecule has 0 bridgehead atoms. The summed E-state index contributed by atoms with van der Waals surface area (Å²) >= 11 is 0. The van der Waals surface area contributed by atoms with E-state index < -0.39 is 17.9 Å². The molecule has 6 nitrogen and oxygen atoms in total. The van der Waals surface area contributed by atoms with Gasteiger partial charge in [0.05, 0.1) is 6.04 Å². The normalized spacial score (nSPS) is 12.3. The fraction of sp³-hybridized carbons (Fsp3) is 0.818. The quantitative estimate of drug-likeness (QED) is 0.379. The Morgan fingerprint density at radius 2 is 1.82 bits per heavy atom. The van der Waals surface area contributed by atoms with Crippen LogP contribution in [0.25, 0.3) is 0 Å². The first-order chi connectivity index (χ1) is 8.07. The monoisotopic (exact) mass is 246 g/mol. The van der Waals surface area contributed by atoms with Gasteiger partial charge in [-0.1, -0.05) is 12.8 Å². The summed E-state index contributed by atoms with van der Waals surface area (Å²) in [6, 6.07) is -0.566. The summed E-state index contributed by atoms with van der Waals surface area (Å²) in [5, 5.41) is 20.0. The lowest BCUT2D eigenvalue weighted by atomic mass is 10.1. The van der Waals surface area contributed by atoms with Gasteiger partial charge in [-0.3, -0.25) is 9.59 Å².